The summed E-state index contributed by atoms with van der Waals surface area (Å²) in [7, 11) is 0. The van der Waals surface area contributed by atoms with Crippen LogP contribution in [0.25, 0.3) is 0 Å². The number of hydrogen-bond acceptors (Lipinski definition) is 3. The Balaban J connectivity index is 2.24. The molecule has 2 aromatic rings. The number of benzene rings is 1. The second-order valence-electron chi connectivity index (χ2n) is 4.76. The smallest absolute Gasteiger partial charge is 0.248 e. The lowest BCUT2D eigenvalue weighted by Gasteiger charge is -2.09. The van der Waals surface area contributed by atoms with Gasteiger partial charge >= 0.3 is 0 Å². The van der Waals surface area contributed by atoms with Crippen molar-refractivity contribution in [1.82, 2.24) is 4.98 Å². The van der Waals surface area contributed by atoms with E-state index in [2.05, 4.69) is 21.2 Å². The van der Waals surface area contributed by atoms with Crippen LogP contribution in [-0.4, -0.2) is 22.6 Å². The molecule has 1 unspecified atom stereocenters. The van der Waals surface area contributed by atoms with Gasteiger partial charge < -0.3 is 5.32 Å². The molecule has 1 aromatic carbocycles. The van der Waals surface area contributed by atoms with Crippen LogP contribution in [0.4, 0.5) is 5.69 Å². The first-order chi connectivity index (χ1) is 10.2. The molecule has 0 saturated carbocycles. The summed E-state index contributed by atoms with van der Waals surface area (Å²) in [5.74, 6) is 2.46. The molecule has 0 saturated heterocycles. The Morgan fingerprint density at radius 1 is 1.29 bits per heavy atom. The summed E-state index contributed by atoms with van der Waals surface area (Å²) >= 11 is 0. The van der Waals surface area contributed by atoms with E-state index < -0.39 is 6.04 Å². The predicted molar refractivity (Wildman–Crippen MR) is 82.3 cm³/mol. The second-order valence-corrected chi connectivity index (χ2v) is 4.76. The van der Waals surface area contributed by atoms with Gasteiger partial charge in [-0.1, -0.05) is 12.0 Å². The van der Waals surface area contributed by atoms with E-state index in [-0.39, 0.29) is 5.91 Å². The zero-order valence-electron chi connectivity index (χ0n) is 11.5. The number of hydrogen-bond donors (Lipinski definition) is 1. The Morgan fingerprint density at radius 2 is 2.14 bits per heavy atom. The van der Waals surface area contributed by atoms with Gasteiger partial charge in [0.05, 0.1) is 17.1 Å². The van der Waals surface area contributed by atoms with Gasteiger partial charge in [-0.25, -0.2) is 0 Å². The summed E-state index contributed by atoms with van der Waals surface area (Å²) in [4.78, 5) is 20.9. The maximum Gasteiger partial charge on any atom is 0.248 e. The molecule has 0 bridgehead atoms. The number of benzodiazepines with no additional fused rings is 1. The van der Waals surface area contributed by atoms with Crippen LogP contribution in [0.15, 0.2) is 47.6 Å². The van der Waals surface area contributed by atoms with Crippen molar-refractivity contribution >= 4 is 17.3 Å². The van der Waals surface area contributed by atoms with E-state index in [0.717, 1.165) is 16.8 Å². The Kier molecular flexibility index (Phi) is 3.25. The zero-order chi connectivity index (χ0) is 14.8. The number of aliphatic imine (C=N–C) groups is 1. The van der Waals surface area contributed by atoms with E-state index in [1.165, 1.54) is 0 Å². The van der Waals surface area contributed by atoms with Crippen molar-refractivity contribution in [3.63, 3.8) is 0 Å². The summed E-state index contributed by atoms with van der Waals surface area (Å²) in [5, 5.41) is 2.87. The number of fused-ring (bicyclic) bond motifs is 1. The van der Waals surface area contributed by atoms with Gasteiger partial charge in [-0.15, -0.1) is 6.42 Å². The van der Waals surface area contributed by atoms with E-state index in [9.17, 15) is 4.79 Å². The molecule has 1 amide bonds. The summed E-state index contributed by atoms with van der Waals surface area (Å²) in [6, 6.07) is 10.6. The Morgan fingerprint density at radius 3 is 2.86 bits per heavy atom. The van der Waals surface area contributed by atoms with Crippen molar-refractivity contribution in [1.29, 1.82) is 0 Å². The van der Waals surface area contributed by atoms with Crippen LogP contribution in [0.2, 0.25) is 0 Å². The van der Waals surface area contributed by atoms with Gasteiger partial charge in [0.25, 0.3) is 0 Å². The van der Waals surface area contributed by atoms with E-state index >= 15 is 0 Å². The molecule has 4 nitrogen and oxygen atoms in total. The Labute approximate surface area is 122 Å². The Hall–Kier alpha value is -2.93. The van der Waals surface area contributed by atoms with Crippen molar-refractivity contribution in [2.75, 3.05) is 5.32 Å². The van der Waals surface area contributed by atoms with E-state index in [0.29, 0.717) is 11.4 Å². The SMILES string of the molecule is C#Cc1ccc2c(c1)C(c1ccccn1)=NC(C)C(=O)N2. The molecule has 1 aromatic heterocycles. The number of aromatic nitrogens is 1. The molecule has 0 radical (unpaired) electrons. The molecule has 102 valence electrons. The average Bonchev–Trinajstić information content (AvgIpc) is 2.65. The normalized spacial score (nSPS) is 17.0. The molecule has 21 heavy (non-hydrogen) atoms. The fourth-order valence-electron chi connectivity index (χ4n) is 2.20. The highest BCUT2D eigenvalue weighted by molar-refractivity contribution is 6.18. The number of carbonyl (C=O) groups is 1. The minimum absolute atomic E-state index is 0.143. The monoisotopic (exact) mass is 275 g/mol. The number of nitrogens with one attached hydrogen (secondary N) is 1. The van der Waals surface area contributed by atoms with Crippen LogP contribution in [0.1, 0.15) is 23.7 Å². The van der Waals surface area contributed by atoms with Crippen molar-refractivity contribution < 1.29 is 4.79 Å². The van der Waals surface area contributed by atoms with Gasteiger partial charge in [0.15, 0.2) is 0 Å². The van der Waals surface area contributed by atoms with Crippen LogP contribution >= 0.6 is 0 Å². The molecular weight excluding hydrogens is 262 g/mol. The quantitative estimate of drug-likeness (QED) is 0.811. The van der Waals surface area contributed by atoms with E-state index in [1.54, 1.807) is 25.3 Å². The summed E-state index contributed by atoms with van der Waals surface area (Å²) in [5.41, 5.74) is 3.63. The van der Waals surface area contributed by atoms with Crippen LogP contribution < -0.4 is 5.32 Å². The maximum absolute atomic E-state index is 12.0. The highest BCUT2D eigenvalue weighted by Gasteiger charge is 2.23. The topological polar surface area (TPSA) is 54.4 Å². The van der Waals surface area contributed by atoms with Crippen molar-refractivity contribution in [2.45, 2.75) is 13.0 Å². The number of amides is 1. The minimum Gasteiger partial charge on any atom is -0.324 e. The average molecular weight is 275 g/mol. The molecule has 2 heterocycles. The summed E-state index contributed by atoms with van der Waals surface area (Å²) in [6.07, 6.45) is 7.17. The lowest BCUT2D eigenvalue weighted by atomic mass is 10.0. The molecule has 1 N–H and O–H groups in total. The molecule has 1 atom stereocenters. The van der Waals surface area contributed by atoms with Crippen LogP contribution in [0, 0.1) is 12.3 Å². The van der Waals surface area contributed by atoms with Crippen LogP contribution in [0.3, 0.4) is 0 Å². The van der Waals surface area contributed by atoms with Crippen LogP contribution in [-0.2, 0) is 4.79 Å². The predicted octanol–water partition coefficient (Wildman–Crippen LogP) is 2.24. The van der Waals surface area contributed by atoms with Gasteiger partial charge in [0.1, 0.15) is 6.04 Å². The minimum atomic E-state index is -0.483. The lowest BCUT2D eigenvalue weighted by Crippen LogP contribution is -2.22. The molecule has 1 aliphatic rings. The van der Waals surface area contributed by atoms with Gasteiger partial charge in [-0.05, 0) is 37.3 Å². The van der Waals surface area contributed by atoms with Crippen molar-refractivity contribution in [3.8, 4) is 12.3 Å². The molecular formula is C17H13N3O. The van der Waals surface area contributed by atoms with E-state index in [1.807, 2.05) is 24.3 Å². The zero-order valence-corrected chi connectivity index (χ0v) is 11.5. The summed E-state index contributed by atoms with van der Waals surface area (Å²) < 4.78 is 0. The standard InChI is InChI=1S/C17H13N3O/c1-3-12-7-8-14-13(10-12)16(15-6-4-5-9-18-15)19-11(2)17(21)20-14/h1,4-11H,2H3,(H,20,21). The van der Waals surface area contributed by atoms with Gasteiger partial charge in [0.2, 0.25) is 5.91 Å². The maximum atomic E-state index is 12.0. The first-order valence-electron chi connectivity index (χ1n) is 6.60. The first kappa shape index (κ1) is 13.1. The van der Waals surface area contributed by atoms with Crippen molar-refractivity contribution in [2.24, 2.45) is 4.99 Å². The van der Waals surface area contributed by atoms with Crippen LogP contribution in [0.5, 0.6) is 0 Å². The largest absolute Gasteiger partial charge is 0.324 e. The number of nitrogens with zero attached hydrogens (tertiary/aromatic N) is 2. The number of terminal acetylenes is 1. The highest BCUT2D eigenvalue weighted by Crippen LogP contribution is 2.24. The second kappa shape index (κ2) is 5.22. The molecule has 3 rings (SSSR count). The highest BCUT2D eigenvalue weighted by atomic mass is 16.2. The lowest BCUT2D eigenvalue weighted by molar-refractivity contribution is -0.116. The Bertz CT molecular complexity index is 772. The first-order valence-corrected chi connectivity index (χ1v) is 6.60. The van der Waals surface area contributed by atoms with Gasteiger partial charge in [-0.3, -0.25) is 14.8 Å². The summed E-state index contributed by atoms with van der Waals surface area (Å²) in [6.45, 7) is 1.76. The molecule has 0 spiro atoms. The van der Waals surface area contributed by atoms with E-state index in [4.69, 9.17) is 6.42 Å². The third-order valence-corrected chi connectivity index (χ3v) is 3.31. The van der Waals surface area contributed by atoms with Crippen molar-refractivity contribution in [3.05, 3.63) is 59.4 Å². The number of pyridine rings is 1. The molecule has 4 heteroatoms. The fraction of sp³-hybridized carbons (Fsp3) is 0.118. The number of anilines is 1. The molecule has 1 aliphatic heterocycles. The third kappa shape index (κ3) is 2.41. The molecule has 0 aliphatic carbocycles. The molecule has 0 fully saturated rings. The number of carbonyl (C=O) groups excluding carboxylic acids is 1. The van der Waals surface area contributed by atoms with Gasteiger partial charge in [-0.2, -0.15) is 0 Å². The third-order valence-electron chi connectivity index (χ3n) is 3.31. The number of rotatable bonds is 1. The fourth-order valence-corrected chi connectivity index (χ4v) is 2.20. The van der Waals surface area contributed by atoms with Gasteiger partial charge in [0, 0.05) is 17.3 Å².